The van der Waals surface area contributed by atoms with Gasteiger partial charge in [0.15, 0.2) is 0 Å². The molecule has 0 aliphatic heterocycles. The van der Waals surface area contributed by atoms with E-state index in [1.165, 1.54) is 56.4 Å². The summed E-state index contributed by atoms with van der Waals surface area (Å²) >= 11 is 2.02. The fourth-order valence-electron chi connectivity index (χ4n) is 3.52. The lowest BCUT2D eigenvalue weighted by Crippen LogP contribution is -2.37. The van der Waals surface area contributed by atoms with Gasteiger partial charge in [0.1, 0.15) is 0 Å². The van der Waals surface area contributed by atoms with Crippen molar-refractivity contribution in [1.82, 2.24) is 5.32 Å². The fourth-order valence-corrected chi connectivity index (χ4v) is 4.54. The Balaban J connectivity index is 1.96. The van der Waals surface area contributed by atoms with Gasteiger partial charge in [-0.2, -0.15) is 0 Å². The van der Waals surface area contributed by atoms with Crippen LogP contribution < -0.4 is 5.32 Å². The van der Waals surface area contributed by atoms with Gasteiger partial charge >= 0.3 is 0 Å². The largest absolute Gasteiger partial charge is 0.313 e. The third-order valence-corrected chi connectivity index (χ3v) is 6.12. The molecule has 1 aromatic heterocycles. The number of aryl methyl sites for hydroxylation is 1. The molecule has 1 fully saturated rings. The predicted molar refractivity (Wildman–Crippen MR) is 90.6 cm³/mol. The maximum absolute atomic E-state index is 3.84. The summed E-state index contributed by atoms with van der Waals surface area (Å²) in [5, 5.41) is 3.84. The molecule has 1 heterocycles. The average Bonchev–Trinajstić information content (AvgIpc) is 3.12. The van der Waals surface area contributed by atoms with E-state index in [-0.39, 0.29) is 0 Å². The molecule has 1 N–H and O–H groups in total. The molecule has 2 rings (SSSR count). The molecule has 1 nitrogen and oxygen atoms in total. The minimum absolute atomic E-state index is 0.704. The summed E-state index contributed by atoms with van der Waals surface area (Å²) in [6.45, 7) is 8.05. The summed E-state index contributed by atoms with van der Waals surface area (Å²) in [4.78, 5) is 3.11. The Morgan fingerprint density at radius 2 is 2.00 bits per heavy atom. The van der Waals surface area contributed by atoms with Crippen LogP contribution in [0, 0.1) is 11.8 Å². The molecule has 3 atom stereocenters. The van der Waals surface area contributed by atoms with Crippen LogP contribution in [0.2, 0.25) is 0 Å². The second kappa shape index (κ2) is 8.19. The van der Waals surface area contributed by atoms with Crippen molar-refractivity contribution in [3.8, 4) is 0 Å². The lowest BCUT2D eigenvalue weighted by molar-refractivity contribution is 0.345. The van der Waals surface area contributed by atoms with Crippen molar-refractivity contribution in [2.75, 3.05) is 6.54 Å². The number of nitrogens with one attached hydrogen (secondary N) is 1. The van der Waals surface area contributed by atoms with Crippen molar-refractivity contribution >= 4 is 11.3 Å². The van der Waals surface area contributed by atoms with Gasteiger partial charge in [0.2, 0.25) is 0 Å². The quantitative estimate of drug-likeness (QED) is 0.707. The van der Waals surface area contributed by atoms with Gasteiger partial charge in [0.05, 0.1) is 0 Å². The van der Waals surface area contributed by atoms with Crippen molar-refractivity contribution in [2.24, 2.45) is 11.8 Å². The molecule has 2 heteroatoms. The lowest BCUT2D eigenvalue weighted by atomic mass is 9.93. The van der Waals surface area contributed by atoms with Crippen LogP contribution in [-0.2, 0) is 12.8 Å². The van der Waals surface area contributed by atoms with Gasteiger partial charge in [-0.3, -0.25) is 0 Å². The first-order valence-corrected chi connectivity index (χ1v) is 9.39. The molecule has 114 valence electrons. The lowest BCUT2D eigenvalue weighted by Gasteiger charge is -2.25. The van der Waals surface area contributed by atoms with E-state index >= 15 is 0 Å². The maximum atomic E-state index is 3.84. The number of rotatable bonds is 8. The van der Waals surface area contributed by atoms with Crippen LogP contribution in [-0.4, -0.2) is 12.6 Å². The van der Waals surface area contributed by atoms with Crippen molar-refractivity contribution in [2.45, 2.75) is 71.8 Å². The van der Waals surface area contributed by atoms with Gasteiger partial charge in [-0.25, -0.2) is 0 Å². The number of hydrogen-bond donors (Lipinski definition) is 1. The normalized spacial score (nSPS) is 24.1. The SMILES string of the molecule is CCCNC(Cc1ccc(CC)s1)C1CCC(CC)C1. The highest BCUT2D eigenvalue weighted by Gasteiger charge is 2.29. The molecular formula is C18H31NS. The molecule has 1 aliphatic rings. The van der Waals surface area contributed by atoms with E-state index in [0.717, 1.165) is 11.8 Å². The second-order valence-electron chi connectivity index (χ2n) is 6.33. The van der Waals surface area contributed by atoms with Crippen LogP contribution in [0.4, 0.5) is 0 Å². The zero-order valence-corrected chi connectivity index (χ0v) is 14.3. The summed E-state index contributed by atoms with van der Waals surface area (Å²) < 4.78 is 0. The van der Waals surface area contributed by atoms with Crippen LogP contribution in [0.25, 0.3) is 0 Å². The first-order valence-electron chi connectivity index (χ1n) is 8.57. The second-order valence-corrected chi connectivity index (χ2v) is 7.59. The highest BCUT2D eigenvalue weighted by Crippen LogP contribution is 2.36. The Morgan fingerprint density at radius 1 is 1.20 bits per heavy atom. The molecule has 1 aromatic rings. The highest BCUT2D eigenvalue weighted by atomic mass is 32.1. The van der Waals surface area contributed by atoms with Crippen LogP contribution >= 0.6 is 11.3 Å². The van der Waals surface area contributed by atoms with Gasteiger partial charge < -0.3 is 5.32 Å². The van der Waals surface area contributed by atoms with E-state index in [1.54, 1.807) is 4.88 Å². The summed E-state index contributed by atoms with van der Waals surface area (Å²) in [5.74, 6) is 1.89. The van der Waals surface area contributed by atoms with Crippen LogP contribution in [0.1, 0.15) is 62.6 Å². The standard InChI is InChI=1S/C18H31NS/c1-4-11-19-18(15-8-7-14(5-2)12-15)13-17-10-9-16(6-3)20-17/h9-10,14-15,18-19H,4-8,11-13H2,1-3H3. The Hall–Kier alpha value is -0.340. The average molecular weight is 294 g/mol. The van der Waals surface area contributed by atoms with Gasteiger partial charge in [-0.1, -0.05) is 33.6 Å². The zero-order valence-electron chi connectivity index (χ0n) is 13.5. The van der Waals surface area contributed by atoms with E-state index < -0.39 is 0 Å². The molecule has 1 aliphatic carbocycles. The van der Waals surface area contributed by atoms with E-state index in [0.29, 0.717) is 6.04 Å². The molecular weight excluding hydrogens is 262 g/mol. The highest BCUT2D eigenvalue weighted by molar-refractivity contribution is 7.11. The van der Waals surface area contributed by atoms with E-state index in [4.69, 9.17) is 0 Å². The topological polar surface area (TPSA) is 12.0 Å². The first-order chi connectivity index (χ1) is 9.76. The third kappa shape index (κ3) is 4.33. The zero-order chi connectivity index (χ0) is 14.4. The van der Waals surface area contributed by atoms with Gasteiger partial charge in [0, 0.05) is 15.8 Å². The molecule has 0 aromatic carbocycles. The number of thiophene rings is 1. The predicted octanol–water partition coefficient (Wildman–Crippen LogP) is 5.05. The van der Waals surface area contributed by atoms with Crippen LogP contribution in [0.5, 0.6) is 0 Å². The molecule has 0 spiro atoms. The Labute approximate surface area is 129 Å². The third-order valence-electron chi connectivity index (χ3n) is 4.87. The van der Waals surface area contributed by atoms with E-state index in [2.05, 4.69) is 38.2 Å². The molecule has 0 radical (unpaired) electrons. The van der Waals surface area contributed by atoms with Crippen molar-refractivity contribution < 1.29 is 0 Å². The molecule has 0 saturated heterocycles. The summed E-state index contributed by atoms with van der Waals surface area (Å²) in [5.41, 5.74) is 0. The van der Waals surface area contributed by atoms with Crippen LogP contribution in [0.15, 0.2) is 12.1 Å². The molecule has 3 unspecified atom stereocenters. The summed E-state index contributed by atoms with van der Waals surface area (Å²) in [6.07, 6.45) is 9.37. The maximum Gasteiger partial charge on any atom is 0.0144 e. The van der Waals surface area contributed by atoms with E-state index in [1.807, 2.05) is 11.3 Å². The Morgan fingerprint density at radius 3 is 2.60 bits per heavy atom. The van der Waals surface area contributed by atoms with Crippen molar-refractivity contribution in [3.63, 3.8) is 0 Å². The minimum atomic E-state index is 0.704. The molecule has 20 heavy (non-hydrogen) atoms. The van der Waals surface area contributed by atoms with Gasteiger partial charge in [-0.15, -0.1) is 11.3 Å². The fraction of sp³-hybridized carbons (Fsp3) is 0.778. The minimum Gasteiger partial charge on any atom is -0.313 e. The number of hydrogen-bond acceptors (Lipinski definition) is 2. The molecule has 1 saturated carbocycles. The monoisotopic (exact) mass is 293 g/mol. The van der Waals surface area contributed by atoms with E-state index in [9.17, 15) is 0 Å². The summed E-state index contributed by atoms with van der Waals surface area (Å²) in [7, 11) is 0. The smallest absolute Gasteiger partial charge is 0.0144 e. The first kappa shape index (κ1) is 16.0. The van der Waals surface area contributed by atoms with Crippen molar-refractivity contribution in [3.05, 3.63) is 21.9 Å². The van der Waals surface area contributed by atoms with Crippen molar-refractivity contribution in [1.29, 1.82) is 0 Å². The molecule has 0 bridgehead atoms. The van der Waals surface area contributed by atoms with Gasteiger partial charge in [0.25, 0.3) is 0 Å². The Bertz CT molecular complexity index is 385. The van der Waals surface area contributed by atoms with Crippen LogP contribution in [0.3, 0.4) is 0 Å². The Kier molecular flexibility index (Phi) is 6.57. The van der Waals surface area contributed by atoms with Gasteiger partial charge in [-0.05, 0) is 62.6 Å². The molecule has 0 amide bonds. The summed E-state index contributed by atoms with van der Waals surface area (Å²) in [6, 6.07) is 5.38.